The Bertz CT molecular complexity index is 609. The average Bonchev–Trinajstić information content (AvgIpc) is 2.92. The van der Waals surface area contributed by atoms with E-state index in [9.17, 15) is 5.11 Å². The number of nitrogens with zero attached hydrogens (tertiary/aromatic N) is 2. The van der Waals surface area contributed by atoms with Crippen LogP contribution < -0.4 is 5.32 Å². The Balaban J connectivity index is 1.73. The van der Waals surface area contributed by atoms with Crippen LogP contribution in [-0.2, 0) is 17.7 Å². The van der Waals surface area contributed by atoms with E-state index in [2.05, 4.69) is 10.4 Å². The Hall–Kier alpha value is -2.01. The normalized spacial score (nSPS) is 17.5. The van der Waals surface area contributed by atoms with Crippen LogP contribution in [-0.4, -0.2) is 28.6 Å². The third kappa shape index (κ3) is 3.19. The molecule has 3 rings (SSSR count). The predicted octanol–water partition coefficient (Wildman–Crippen LogP) is 2.72. The van der Waals surface area contributed by atoms with Crippen molar-refractivity contribution in [3.8, 4) is 5.75 Å². The lowest BCUT2D eigenvalue weighted by Crippen LogP contribution is -2.17. The summed E-state index contributed by atoms with van der Waals surface area (Å²) in [5.41, 5.74) is 3.55. The van der Waals surface area contributed by atoms with Crippen LogP contribution >= 0.6 is 0 Å². The number of anilines is 1. The van der Waals surface area contributed by atoms with Crippen molar-refractivity contribution in [3.05, 3.63) is 41.7 Å². The standard InChI is InChI=1S/C16H21N3O2/c1-21-8-7-19-11-13(10-17-19)18-16-4-2-3-12-9-14(20)5-6-15(12)16/h5-6,9-11,16,18,20H,2-4,7-8H2,1H3. The molecule has 1 aliphatic rings. The second-order valence-electron chi connectivity index (χ2n) is 5.46. The minimum atomic E-state index is 0.287. The van der Waals surface area contributed by atoms with Crippen LogP contribution in [0, 0.1) is 0 Å². The summed E-state index contributed by atoms with van der Waals surface area (Å²) in [7, 11) is 1.69. The summed E-state index contributed by atoms with van der Waals surface area (Å²) >= 11 is 0. The topological polar surface area (TPSA) is 59.3 Å². The number of phenolic OH excluding ortho intramolecular Hbond substituents is 1. The third-order valence-electron chi connectivity index (χ3n) is 3.94. The zero-order valence-electron chi connectivity index (χ0n) is 12.2. The highest BCUT2D eigenvalue weighted by molar-refractivity contribution is 5.46. The summed E-state index contributed by atoms with van der Waals surface area (Å²) in [6, 6.07) is 5.96. The van der Waals surface area contributed by atoms with E-state index in [0.29, 0.717) is 12.4 Å². The monoisotopic (exact) mass is 287 g/mol. The van der Waals surface area contributed by atoms with Gasteiger partial charge < -0.3 is 15.2 Å². The molecule has 0 saturated heterocycles. The van der Waals surface area contributed by atoms with E-state index in [4.69, 9.17) is 4.74 Å². The maximum absolute atomic E-state index is 9.60. The fourth-order valence-electron chi connectivity index (χ4n) is 2.90. The summed E-state index contributed by atoms with van der Waals surface area (Å²) in [5.74, 6) is 0.349. The van der Waals surface area contributed by atoms with Crippen molar-refractivity contribution in [3.63, 3.8) is 0 Å². The molecule has 21 heavy (non-hydrogen) atoms. The van der Waals surface area contributed by atoms with Gasteiger partial charge in [-0.1, -0.05) is 6.07 Å². The Labute approximate surface area is 124 Å². The predicted molar refractivity (Wildman–Crippen MR) is 81.5 cm³/mol. The van der Waals surface area contributed by atoms with Crippen molar-refractivity contribution >= 4 is 5.69 Å². The Morgan fingerprint density at radius 1 is 1.48 bits per heavy atom. The molecule has 1 heterocycles. The molecule has 0 fully saturated rings. The summed E-state index contributed by atoms with van der Waals surface area (Å²) in [6.07, 6.45) is 7.13. The zero-order chi connectivity index (χ0) is 14.7. The molecule has 0 amide bonds. The van der Waals surface area contributed by atoms with Gasteiger partial charge in [-0.15, -0.1) is 0 Å². The van der Waals surface area contributed by atoms with Gasteiger partial charge >= 0.3 is 0 Å². The smallest absolute Gasteiger partial charge is 0.115 e. The van der Waals surface area contributed by atoms with Crippen molar-refractivity contribution in [1.82, 2.24) is 9.78 Å². The highest BCUT2D eigenvalue weighted by atomic mass is 16.5. The molecule has 2 N–H and O–H groups in total. The Morgan fingerprint density at radius 3 is 3.24 bits per heavy atom. The molecule has 1 aromatic carbocycles. The van der Waals surface area contributed by atoms with Crippen LogP contribution in [0.5, 0.6) is 5.75 Å². The molecular formula is C16H21N3O2. The summed E-state index contributed by atoms with van der Waals surface area (Å²) in [4.78, 5) is 0. The Kier molecular flexibility index (Phi) is 4.10. The number of methoxy groups -OCH3 is 1. The number of nitrogens with one attached hydrogen (secondary N) is 1. The number of fused-ring (bicyclic) bond motifs is 1. The third-order valence-corrected chi connectivity index (χ3v) is 3.94. The second kappa shape index (κ2) is 6.18. The van der Waals surface area contributed by atoms with Gasteiger partial charge in [-0.25, -0.2) is 0 Å². The summed E-state index contributed by atoms with van der Waals surface area (Å²) in [6.45, 7) is 1.42. The first kappa shape index (κ1) is 13.9. The molecule has 0 bridgehead atoms. The van der Waals surface area contributed by atoms with Gasteiger partial charge in [0.1, 0.15) is 5.75 Å². The molecule has 0 radical (unpaired) electrons. The first-order valence-corrected chi connectivity index (χ1v) is 7.36. The summed E-state index contributed by atoms with van der Waals surface area (Å²) in [5, 5.41) is 17.5. The van der Waals surface area contributed by atoms with Crippen LogP contribution in [0.2, 0.25) is 0 Å². The molecule has 2 aromatic rings. The fourth-order valence-corrected chi connectivity index (χ4v) is 2.90. The molecule has 1 unspecified atom stereocenters. The lowest BCUT2D eigenvalue weighted by molar-refractivity contribution is 0.183. The van der Waals surface area contributed by atoms with Crippen molar-refractivity contribution in [2.24, 2.45) is 0 Å². The van der Waals surface area contributed by atoms with E-state index in [0.717, 1.165) is 31.5 Å². The van der Waals surface area contributed by atoms with Gasteiger partial charge in [0.15, 0.2) is 0 Å². The lowest BCUT2D eigenvalue weighted by Gasteiger charge is -2.26. The molecule has 1 atom stereocenters. The van der Waals surface area contributed by atoms with Gasteiger partial charge in [0.25, 0.3) is 0 Å². The number of rotatable bonds is 5. The van der Waals surface area contributed by atoms with Crippen LogP contribution in [0.15, 0.2) is 30.6 Å². The molecule has 0 aliphatic heterocycles. The number of aromatic hydroxyl groups is 1. The van der Waals surface area contributed by atoms with E-state index in [1.165, 1.54) is 11.1 Å². The first-order chi connectivity index (χ1) is 10.3. The van der Waals surface area contributed by atoms with Gasteiger partial charge in [0, 0.05) is 13.3 Å². The first-order valence-electron chi connectivity index (χ1n) is 7.36. The number of benzene rings is 1. The van der Waals surface area contributed by atoms with Crippen molar-refractivity contribution < 1.29 is 9.84 Å². The van der Waals surface area contributed by atoms with Crippen molar-refractivity contribution in [1.29, 1.82) is 0 Å². The van der Waals surface area contributed by atoms with E-state index < -0.39 is 0 Å². The zero-order valence-corrected chi connectivity index (χ0v) is 12.2. The molecule has 112 valence electrons. The van der Waals surface area contributed by atoms with Gasteiger partial charge in [0.2, 0.25) is 0 Å². The maximum atomic E-state index is 9.60. The molecule has 0 saturated carbocycles. The number of aromatic nitrogens is 2. The van der Waals surface area contributed by atoms with E-state index in [-0.39, 0.29) is 6.04 Å². The SMILES string of the molecule is COCCn1cc(NC2CCCc3cc(O)ccc32)cn1. The maximum Gasteiger partial charge on any atom is 0.115 e. The average molecular weight is 287 g/mol. The number of phenols is 1. The van der Waals surface area contributed by atoms with Gasteiger partial charge in [0.05, 0.1) is 31.1 Å². The van der Waals surface area contributed by atoms with Crippen molar-refractivity contribution in [2.75, 3.05) is 19.0 Å². The highest BCUT2D eigenvalue weighted by Gasteiger charge is 2.20. The molecule has 5 nitrogen and oxygen atoms in total. The highest BCUT2D eigenvalue weighted by Crippen LogP contribution is 2.34. The minimum absolute atomic E-state index is 0.287. The Morgan fingerprint density at radius 2 is 2.38 bits per heavy atom. The fraction of sp³-hybridized carbons (Fsp3) is 0.438. The number of hydrogen-bond donors (Lipinski definition) is 2. The molecule has 1 aromatic heterocycles. The molecule has 1 aliphatic carbocycles. The number of ether oxygens (including phenoxy) is 1. The van der Waals surface area contributed by atoms with Crippen LogP contribution in [0.1, 0.15) is 30.0 Å². The van der Waals surface area contributed by atoms with Crippen LogP contribution in [0.4, 0.5) is 5.69 Å². The van der Waals surface area contributed by atoms with E-state index in [1.807, 2.05) is 29.2 Å². The largest absolute Gasteiger partial charge is 0.508 e. The van der Waals surface area contributed by atoms with E-state index in [1.54, 1.807) is 13.2 Å². The summed E-state index contributed by atoms with van der Waals surface area (Å²) < 4.78 is 6.94. The molecule has 0 spiro atoms. The van der Waals surface area contributed by atoms with Crippen molar-refractivity contribution in [2.45, 2.75) is 31.8 Å². The van der Waals surface area contributed by atoms with Crippen LogP contribution in [0.25, 0.3) is 0 Å². The quantitative estimate of drug-likeness (QED) is 0.887. The van der Waals surface area contributed by atoms with Crippen LogP contribution in [0.3, 0.4) is 0 Å². The van der Waals surface area contributed by atoms with E-state index >= 15 is 0 Å². The molecular weight excluding hydrogens is 266 g/mol. The second-order valence-corrected chi connectivity index (χ2v) is 5.46. The number of hydrogen-bond acceptors (Lipinski definition) is 4. The molecule has 5 heteroatoms. The van der Waals surface area contributed by atoms with Gasteiger partial charge in [-0.2, -0.15) is 5.10 Å². The minimum Gasteiger partial charge on any atom is -0.508 e. The van der Waals surface area contributed by atoms with Gasteiger partial charge in [-0.05, 0) is 42.5 Å². The number of aryl methyl sites for hydroxylation is 1. The lowest BCUT2D eigenvalue weighted by atomic mass is 9.87. The van der Waals surface area contributed by atoms with Gasteiger partial charge in [-0.3, -0.25) is 4.68 Å².